The topological polar surface area (TPSA) is 51.6 Å². The zero-order chi connectivity index (χ0) is 55.6. The molecule has 0 bridgehead atoms. The molecule has 78 heavy (non-hydrogen) atoms. The molecule has 0 saturated heterocycles. The molecule has 0 aliphatic heterocycles. The first-order chi connectivity index (χ1) is 37.0. The van der Waals surface area contributed by atoms with E-state index in [1.807, 2.05) is 30.3 Å². The van der Waals surface area contributed by atoms with Gasteiger partial charge < -0.3 is 0 Å². The molecule has 8 aromatic rings. The summed E-state index contributed by atoms with van der Waals surface area (Å²) in [6, 6.07) is 58.7. The Morgan fingerprint density at radius 3 is 1.23 bits per heavy atom. The van der Waals surface area contributed by atoms with E-state index in [-0.39, 0.29) is 55.6 Å². The fourth-order valence-electron chi connectivity index (χ4n) is 6.06. The SMILES string of the molecule is CSc1ccc(-c2nnc(Cl)cc2-c2ccc(C)cc2)cc1.CSc1ccc(-c2nnc(Sc3ccccc3)cc2-c2ccc(Sc3ccccc3)cc2)cc1.I.I[I-]I(I)I(I)I(I)I(I)I(I)I(I)I(I)I(I)I(I)I. The van der Waals surface area contributed by atoms with Gasteiger partial charge in [-0.15, -0.1) is 67.9 Å². The average Bonchev–Trinajstić information content (AvgIpc) is 3.49. The zero-order valence-corrected chi connectivity index (χ0v) is 91.0. The molecule has 6 aromatic carbocycles. The van der Waals surface area contributed by atoms with Gasteiger partial charge in [-0.2, -0.15) is 0 Å². The Morgan fingerprint density at radius 2 is 0.782 bits per heavy atom. The van der Waals surface area contributed by atoms with Gasteiger partial charge in [-0.3, -0.25) is 0 Å². The molecule has 0 radical (unpaired) electrons. The van der Waals surface area contributed by atoms with Crippen molar-refractivity contribution in [3.63, 3.8) is 0 Å². The van der Waals surface area contributed by atoms with Crippen LogP contribution in [0.5, 0.6) is 0 Å². The van der Waals surface area contributed by atoms with Crippen LogP contribution < -0.4 is 13.3 Å². The first-order valence-corrected chi connectivity index (χ1v) is 151. The van der Waals surface area contributed by atoms with Gasteiger partial charge in [0, 0.05) is 46.7 Å². The fourth-order valence-corrected chi connectivity index (χ4v) is 3150. The standard InChI is InChI=1S/C29H22N2S3.C18H15ClN2S.I21.HI/c1-32-23-16-14-22(15-17-23)29-27(20-28(30-31-29)34-25-10-6-3-7-11-25)21-12-18-26(19-13-21)33-24-8-4-2-5-9-24;1-12-3-5-13(6-4-12)16-11-17(19)20-21-18(16)14-7-9-15(22-2)10-8-14;1-12-14(4)16(6)18(8)20(10)21(11)19(9)17(7)15(5)13(2)3;/h2-20H,1H3;3-11H,1-2H3;;1H/q;;-1;. The number of rotatable bonds is 19. The van der Waals surface area contributed by atoms with Gasteiger partial charge >= 0.3 is 289 Å². The van der Waals surface area contributed by atoms with E-state index in [0.29, 0.717) is 18.4 Å². The normalized spacial score (nSPS) is 12.5. The number of aryl methyl sites for hydroxylation is 1. The summed E-state index contributed by atoms with van der Waals surface area (Å²) in [4.78, 5) is 6.05. The summed E-state index contributed by atoms with van der Waals surface area (Å²) >= 11 is 47.2. The summed E-state index contributed by atoms with van der Waals surface area (Å²) < 4.78 is 0. The molecule has 0 saturated carbocycles. The molecule has 0 atom stereocenters. The average molecular weight is 3610 g/mol. The van der Waals surface area contributed by atoms with Crippen LogP contribution in [0.25, 0.3) is 44.8 Å². The van der Waals surface area contributed by atoms with Crippen LogP contribution in [0.15, 0.2) is 199 Å². The fraction of sp³-hybridized carbons (Fsp3) is 0.0638. The Labute approximate surface area is 645 Å². The van der Waals surface area contributed by atoms with Gasteiger partial charge in [-0.05, 0) is 103 Å². The number of halogens is 23. The van der Waals surface area contributed by atoms with Gasteiger partial charge in [0.1, 0.15) is 16.4 Å². The first kappa shape index (κ1) is 79.9. The molecule has 2 heterocycles. The van der Waals surface area contributed by atoms with E-state index in [1.165, 1.54) is 25.1 Å². The van der Waals surface area contributed by atoms with Crippen LogP contribution in [0.3, 0.4) is 0 Å². The number of nitrogens with zero attached hydrogens (tertiary/aromatic N) is 4. The number of benzene rings is 6. The molecule has 31 heteroatoms. The van der Waals surface area contributed by atoms with Crippen molar-refractivity contribution >= 4 is 358 Å². The summed E-state index contributed by atoms with van der Waals surface area (Å²) in [6.07, 6.45) is 4.15. The van der Waals surface area contributed by atoms with E-state index >= 15 is 0 Å². The molecule has 0 fully saturated rings. The Hall–Kier alpha value is 11.2. The third kappa shape index (κ3) is 26.9. The number of hydrogen-bond donors (Lipinski definition) is 0. The summed E-state index contributed by atoms with van der Waals surface area (Å²) in [5.41, 5.74) is 9.38. The molecule has 0 aliphatic carbocycles. The molecular formula is C47H38ClI22N4S4-. The quantitative estimate of drug-likeness (QED) is 0.0586. The van der Waals surface area contributed by atoms with Gasteiger partial charge in [0.2, 0.25) is 0 Å². The van der Waals surface area contributed by atoms with E-state index < -0.39 is 39.5 Å². The van der Waals surface area contributed by atoms with E-state index in [2.05, 4.69) is 384 Å². The number of thioether (sulfide) groups is 2. The number of aromatic nitrogens is 4. The van der Waals surface area contributed by atoms with Crippen molar-refractivity contribution in [2.45, 2.75) is 36.4 Å². The van der Waals surface area contributed by atoms with Gasteiger partial charge in [-0.25, -0.2) is 0 Å². The molecule has 0 N–H and O–H groups in total. The second-order valence-corrected chi connectivity index (χ2v) is 473. The second-order valence-electron chi connectivity index (χ2n) is 14.1. The van der Waals surface area contributed by atoms with Crippen molar-refractivity contribution < 1.29 is 13.3 Å². The van der Waals surface area contributed by atoms with Crippen LogP contribution >= 0.6 is 358 Å². The predicted octanol–water partition coefficient (Wildman–Crippen LogP) is 29.7. The van der Waals surface area contributed by atoms with Crippen molar-refractivity contribution in [3.8, 4) is 44.8 Å². The third-order valence-electron chi connectivity index (χ3n) is 9.43. The van der Waals surface area contributed by atoms with Gasteiger partial charge in [0.15, 0.2) is 5.15 Å². The molecule has 0 aliphatic rings. The molecule has 0 spiro atoms. The molecular weight excluding hydrogens is 3580 g/mol. The van der Waals surface area contributed by atoms with Gasteiger partial charge in [0.05, 0.1) is 0 Å². The third-order valence-corrected chi connectivity index (χ3v) is 1420. The molecule has 8 rings (SSSR count). The maximum atomic E-state index is 6.06. The van der Waals surface area contributed by atoms with E-state index in [4.69, 9.17) is 11.6 Å². The minimum atomic E-state index is -0.439. The predicted molar refractivity (Wildman–Crippen MR) is 536 cm³/mol. The zero-order valence-electron chi connectivity index (χ0n) is 39.3. The van der Waals surface area contributed by atoms with Crippen molar-refractivity contribution in [1.29, 1.82) is 0 Å². The van der Waals surface area contributed by atoms with E-state index in [1.54, 1.807) is 47.0 Å². The van der Waals surface area contributed by atoms with Crippen LogP contribution in [-0.2, 0) is 0 Å². The molecule has 0 amide bonds. The maximum absolute atomic E-state index is 6.06. The summed E-state index contributed by atoms with van der Waals surface area (Å²) in [5, 5.41) is 18.9. The Balaban J connectivity index is 0.000000225. The monoisotopic (exact) mass is 3610 g/mol. The minimum absolute atomic E-state index is 0. The number of hydrogen-bond acceptors (Lipinski definition) is 8. The Kier molecular flexibility index (Phi) is 45.3. The van der Waals surface area contributed by atoms with Gasteiger partial charge in [0.25, 0.3) is 0 Å². The second kappa shape index (κ2) is 44.2. The molecule has 0 unspecified atom stereocenters. The van der Waals surface area contributed by atoms with Gasteiger partial charge in [-0.1, -0.05) is 138 Å². The van der Waals surface area contributed by atoms with Crippen molar-refractivity contribution in [2.24, 2.45) is 0 Å². The van der Waals surface area contributed by atoms with Crippen LogP contribution in [0.4, 0.5) is 0 Å². The van der Waals surface area contributed by atoms with E-state index in [9.17, 15) is 0 Å². The van der Waals surface area contributed by atoms with Crippen LogP contribution in [0.1, 0.15) is 5.56 Å². The van der Waals surface area contributed by atoms with Crippen molar-refractivity contribution in [3.05, 3.63) is 181 Å². The van der Waals surface area contributed by atoms with E-state index in [0.717, 1.165) is 54.7 Å². The first-order valence-electron chi connectivity index (χ1n) is 20.6. The van der Waals surface area contributed by atoms with Crippen molar-refractivity contribution in [1.82, 2.24) is 20.4 Å². The Morgan fingerprint density at radius 1 is 0.410 bits per heavy atom. The molecule has 4 nitrogen and oxygen atoms in total. The summed E-state index contributed by atoms with van der Waals surface area (Å²) in [6.45, 7) is 2.07. The molecule has 2 aromatic heterocycles. The Bertz CT molecular complexity index is 3050. The van der Waals surface area contributed by atoms with Crippen LogP contribution in [-0.4, -0.2) is 32.9 Å². The summed E-state index contributed by atoms with van der Waals surface area (Å²) in [7, 11) is -3.51. The van der Waals surface area contributed by atoms with Crippen LogP contribution in [0, 0.1) is 6.92 Å². The van der Waals surface area contributed by atoms with Crippen LogP contribution in [0.2, 0.25) is 5.15 Å². The van der Waals surface area contributed by atoms with Crippen molar-refractivity contribution in [2.75, 3.05) is 12.5 Å². The molecule has 432 valence electrons. The summed E-state index contributed by atoms with van der Waals surface area (Å²) in [5.74, 6) is 0.